The summed E-state index contributed by atoms with van der Waals surface area (Å²) < 4.78 is 10.5. The highest BCUT2D eigenvalue weighted by Crippen LogP contribution is 2.18. The summed E-state index contributed by atoms with van der Waals surface area (Å²) in [5.41, 5.74) is 0.401. The molecule has 1 fully saturated rings. The van der Waals surface area contributed by atoms with Crippen LogP contribution < -0.4 is 4.90 Å². The van der Waals surface area contributed by atoms with Crippen LogP contribution in [0.5, 0.6) is 0 Å². The van der Waals surface area contributed by atoms with Crippen molar-refractivity contribution in [2.24, 2.45) is 0 Å². The highest BCUT2D eigenvalue weighted by atomic mass is 16.5. The van der Waals surface area contributed by atoms with Crippen molar-refractivity contribution in [1.29, 1.82) is 0 Å². The Balaban J connectivity index is 2.04. The summed E-state index contributed by atoms with van der Waals surface area (Å²) in [5, 5.41) is 0. The molecule has 1 aliphatic rings. The standard InChI is InChI=1S/C15H18N2O3/c1-4-7-19-15(18)13-5-6-14(16-8-13)17-9-11(2)20-12(3)10-17/h1,5-6,8,11-12H,7,9-10H2,2-3H3/t11-,12-/m0/s1. The monoisotopic (exact) mass is 274 g/mol. The molecule has 0 N–H and O–H groups in total. The van der Waals surface area contributed by atoms with Gasteiger partial charge < -0.3 is 14.4 Å². The number of hydrogen-bond donors (Lipinski definition) is 0. The van der Waals surface area contributed by atoms with E-state index in [1.165, 1.54) is 6.20 Å². The minimum atomic E-state index is -0.453. The van der Waals surface area contributed by atoms with Crippen LogP contribution in [0.25, 0.3) is 0 Å². The van der Waals surface area contributed by atoms with E-state index < -0.39 is 5.97 Å². The lowest BCUT2D eigenvalue weighted by molar-refractivity contribution is -0.00547. The Morgan fingerprint density at radius 3 is 2.75 bits per heavy atom. The third-order valence-electron chi connectivity index (χ3n) is 3.01. The van der Waals surface area contributed by atoms with Gasteiger partial charge >= 0.3 is 5.97 Å². The molecule has 0 aromatic carbocycles. The molecule has 0 radical (unpaired) electrons. The molecule has 0 amide bonds. The van der Waals surface area contributed by atoms with Crippen molar-refractivity contribution in [3.8, 4) is 12.3 Å². The maximum atomic E-state index is 11.6. The van der Waals surface area contributed by atoms with Gasteiger partial charge in [-0.1, -0.05) is 5.92 Å². The number of nitrogens with zero attached hydrogens (tertiary/aromatic N) is 2. The third kappa shape index (κ3) is 3.49. The molecule has 1 aromatic rings. The Morgan fingerprint density at radius 2 is 2.20 bits per heavy atom. The Bertz CT molecular complexity index is 497. The van der Waals surface area contributed by atoms with Gasteiger partial charge in [0.2, 0.25) is 0 Å². The number of pyridine rings is 1. The first kappa shape index (κ1) is 14.4. The van der Waals surface area contributed by atoms with Crippen LogP contribution in [-0.2, 0) is 9.47 Å². The zero-order valence-electron chi connectivity index (χ0n) is 11.7. The van der Waals surface area contributed by atoms with Crippen molar-refractivity contribution in [2.45, 2.75) is 26.1 Å². The third-order valence-corrected chi connectivity index (χ3v) is 3.01. The molecule has 20 heavy (non-hydrogen) atoms. The zero-order valence-corrected chi connectivity index (χ0v) is 11.7. The van der Waals surface area contributed by atoms with E-state index in [9.17, 15) is 4.79 Å². The van der Waals surface area contributed by atoms with E-state index in [0.29, 0.717) is 5.56 Å². The van der Waals surface area contributed by atoms with E-state index in [0.717, 1.165) is 18.9 Å². The van der Waals surface area contributed by atoms with Gasteiger partial charge in [0.15, 0.2) is 6.61 Å². The van der Waals surface area contributed by atoms with Gasteiger partial charge in [0.25, 0.3) is 0 Å². The number of anilines is 1. The predicted molar refractivity (Wildman–Crippen MR) is 75.6 cm³/mol. The van der Waals surface area contributed by atoms with Crippen molar-refractivity contribution in [3.05, 3.63) is 23.9 Å². The summed E-state index contributed by atoms with van der Waals surface area (Å²) in [5.74, 6) is 2.64. The largest absolute Gasteiger partial charge is 0.449 e. The molecule has 0 spiro atoms. The van der Waals surface area contributed by atoms with Gasteiger partial charge in [-0.05, 0) is 26.0 Å². The molecule has 1 aliphatic heterocycles. The first-order valence-corrected chi connectivity index (χ1v) is 6.57. The van der Waals surface area contributed by atoms with Crippen LogP contribution in [0, 0.1) is 12.3 Å². The van der Waals surface area contributed by atoms with E-state index in [2.05, 4.69) is 15.8 Å². The minimum absolute atomic E-state index is 0.0287. The molecule has 0 unspecified atom stereocenters. The number of carbonyl (C=O) groups is 1. The molecule has 2 atom stereocenters. The van der Waals surface area contributed by atoms with Crippen molar-refractivity contribution in [2.75, 3.05) is 24.6 Å². The maximum absolute atomic E-state index is 11.6. The fourth-order valence-electron chi connectivity index (χ4n) is 2.25. The molecule has 0 aliphatic carbocycles. The van der Waals surface area contributed by atoms with Crippen LogP contribution in [0.15, 0.2) is 18.3 Å². The summed E-state index contributed by atoms with van der Waals surface area (Å²) in [7, 11) is 0. The number of esters is 1. The number of morpholine rings is 1. The fraction of sp³-hybridized carbons (Fsp3) is 0.467. The van der Waals surface area contributed by atoms with Gasteiger partial charge in [0, 0.05) is 19.3 Å². The number of rotatable bonds is 3. The van der Waals surface area contributed by atoms with E-state index in [-0.39, 0.29) is 18.8 Å². The van der Waals surface area contributed by atoms with Gasteiger partial charge in [0.05, 0.1) is 17.8 Å². The lowest BCUT2D eigenvalue weighted by Crippen LogP contribution is -2.45. The zero-order chi connectivity index (χ0) is 14.5. The number of carbonyl (C=O) groups excluding carboxylic acids is 1. The lowest BCUT2D eigenvalue weighted by Gasteiger charge is -2.36. The van der Waals surface area contributed by atoms with Crippen LogP contribution in [0.2, 0.25) is 0 Å². The highest BCUT2D eigenvalue weighted by Gasteiger charge is 2.23. The Morgan fingerprint density at radius 1 is 1.50 bits per heavy atom. The lowest BCUT2D eigenvalue weighted by atomic mass is 10.2. The molecule has 2 rings (SSSR count). The summed E-state index contributed by atoms with van der Waals surface area (Å²) in [6, 6.07) is 3.52. The summed E-state index contributed by atoms with van der Waals surface area (Å²) in [6.07, 6.45) is 6.89. The first-order valence-electron chi connectivity index (χ1n) is 6.57. The van der Waals surface area contributed by atoms with Crippen LogP contribution in [0.1, 0.15) is 24.2 Å². The van der Waals surface area contributed by atoms with Crippen molar-refractivity contribution in [1.82, 2.24) is 4.98 Å². The van der Waals surface area contributed by atoms with E-state index in [4.69, 9.17) is 15.9 Å². The summed E-state index contributed by atoms with van der Waals surface area (Å²) in [6.45, 7) is 5.62. The molecule has 5 nitrogen and oxygen atoms in total. The van der Waals surface area contributed by atoms with Crippen LogP contribution in [0.4, 0.5) is 5.82 Å². The molecule has 0 bridgehead atoms. The Hall–Kier alpha value is -2.06. The Kier molecular flexibility index (Phi) is 4.59. The second kappa shape index (κ2) is 6.40. The SMILES string of the molecule is C#CCOC(=O)c1ccc(N2C[C@H](C)O[C@@H](C)C2)nc1. The molecule has 1 aromatic heterocycles. The topological polar surface area (TPSA) is 51.7 Å². The van der Waals surface area contributed by atoms with Crippen molar-refractivity contribution >= 4 is 11.8 Å². The smallest absolute Gasteiger partial charge is 0.340 e. The second-order valence-corrected chi connectivity index (χ2v) is 4.85. The van der Waals surface area contributed by atoms with Crippen molar-refractivity contribution < 1.29 is 14.3 Å². The van der Waals surface area contributed by atoms with Gasteiger partial charge in [0.1, 0.15) is 5.82 Å². The minimum Gasteiger partial charge on any atom is -0.449 e. The highest BCUT2D eigenvalue weighted by molar-refractivity contribution is 5.89. The molecule has 2 heterocycles. The molecule has 5 heteroatoms. The summed E-state index contributed by atoms with van der Waals surface area (Å²) in [4.78, 5) is 18.1. The van der Waals surface area contributed by atoms with E-state index in [1.54, 1.807) is 6.07 Å². The number of aromatic nitrogens is 1. The molecular formula is C15H18N2O3. The fourth-order valence-corrected chi connectivity index (χ4v) is 2.25. The van der Waals surface area contributed by atoms with Gasteiger partial charge in [-0.15, -0.1) is 6.42 Å². The van der Waals surface area contributed by atoms with E-state index in [1.807, 2.05) is 19.9 Å². The molecular weight excluding hydrogens is 256 g/mol. The molecule has 106 valence electrons. The van der Waals surface area contributed by atoms with Crippen LogP contribution >= 0.6 is 0 Å². The van der Waals surface area contributed by atoms with Crippen molar-refractivity contribution in [3.63, 3.8) is 0 Å². The number of ether oxygens (including phenoxy) is 2. The van der Waals surface area contributed by atoms with Gasteiger partial charge in [-0.3, -0.25) is 0 Å². The predicted octanol–water partition coefficient (Wildman–Crippen LogP) is 1.49. The van der Waals surface area contributed by atoms with Crippen LogP contribution in [0.3, 0.4) is 0 Å². The normalized spacial score (nSPS) is 22.1. The number of terminal acetylenes is 1. The average molecular weight is 274 g/mol. The molecule has 1 saturated heterocycles. The first-order chi connectivity index (χ1) is 9.60. The quantitative estimate of drug-likeness (QED) is 0.617. The number of hydrogen-bond acceptors (Lipinski definition) is 5. The molecule has 0 saturated carbocycles. The summed E-state index contributed by atoms with van der Waals surface area (Å²) >= 11 is 0. The van der Waals surface area contributed by atoms with Gasteiger partial charge in [-0.2, -0.15) is 0 Å². The van der Waals surface area contributed by atoms with Gasteiger partial charge in [-0.25, -0.2) is 9.78 Å². The van der Waals surface area contributed by atoms with Crippen LogP contribution in [-0.4, -0.2) is 42.9 Å². The van der Waals surface area contributed by atoms with E-state index >= 15 is 0 Å². The maximum Gasteiger partial charge on any atom is 0.340 e. The average Bonchev–Trinajstić information content (AvgIpc) is 2.44. The second-order valence-electron chi connectivity index (χ2n) is 4.85. The Labute approximate surface area is 118 Å².